The fourth-order valence-corrected chi connectivity index (χ4v) is 1.98. The van der Waals surface area contributed by atoms with Crippen LogP contribution in [0.2, 0.25) is 0 Å². The van der Waals surface area contributed by atoms with Crippen LogP contribution in [0.15, 0.2) is 48.5 Å². The molecule has 0 aliphatic heterocycles. The molecule has 0 aliphatic rings. The van der Waals surface area contributed by atoms with Crippen LogP contribution in [0.1, 0.15) is 10.4 Å². The molecule has 0 saturated heterocycles. The number of alkyl halides is 2. The maximum Gasteiger partial charge on any atom is 0.387 e. The Morgan fingerprint density at radius 1 is 1.08 bits per heavy atom. The lowest BCUT2D eigenvalue weighted by molar-refractivity contribution is -0.131. The summed E-state index contributed by atoms with van der Waals surface area (Å²) in [6.45, 7) is -3.26. The third-order valence-electron chi connectivity index (χ3n) is 3.33. The van der Waals surface area contributed by atoms with Crippen LogP contribution in [0.3, 0.4) is 0 Å². The highest BCUT2D eigenvalue weighted by Crippen LogP contribution is 2.24. The first kappa shape index (κ1) is 19.2. The Balaban J connectivity index is 2.08. The number of ether oxygens (including phenoxy) is 2. The fourth-order valence-electron chi connectivity index (χ4n) is 1.98. The zero-order valence-electron chi connectivity index (χ0n) is 14.2. The number of likely N-dealkylation sites (N-methyl/N-ethyl adjacent to an activating group) is 1. The first-order chi connectivity index (χ1) is 12.4. The van der Waals surface area contributed by atoms with Gasteiger partial charge in [-0.2, -0.15) is 8.78 Å². The van der Waals surface area contributed by atoms with Crippen molar-refractivity contribution in [2.24, 2.45) is 0 Å². The number of anilines is 2. The highest BCUT2D eigenvalue weighted by atomic mass is 19.3. The number of halogens is 2. The van der Waals surface area contributed by atoms with Crippen LogP contribution in [0.4, 0.5) is 20.2 Å². The molecule has 2 rings (SSSR count). The van der Waals surface area contributed by atoms with Crippen LogP contribution < -0.4 is 10.1 Å². The normalized spacial score (nSPS) is 10.3. The van der Waals surface area contributed by atoms with E-state index in [1.165, 1.54) is 29.2 Å². The third kappa shape index (κ3) is 5.44. The minimum absolute atomic E-state index is 0.0282. The van der Waals surface area contributed by atoms with Gasteiger partial charge < -0.3 is 19.7 Å². The van der Waals surface area contributed by atoms with Crippen molar-refractivity contribution in [2.45, 2.75) is 6.61 Å². The average Bonchev–Trinajstić information content (AvgIpc) is 2.61. The highest BCUT2D eigenvalue weighted by Gasteiger charge is 2.15. The lowest BCUT2D eigenvalue weighted by atomic mass is 10.1. The number of hydrogen-bond donors (Lipinski definition) is 1. The van der Waals surface area contributed by atoms with E-state index in [0.29, 0.717) is 11.4 Å². The SMILES string of the molecule is CN(C)C(=O)COC(=O)c1ccccc1Nc1ccc(OC(F)F)cc1. The van der Waals surface area contributed by atoms with E-state index in [0.717, 1.165) is 0 Å². The number of carbonyl (C=O) groups excluding carboxylic acids is 2. The lowest BCUT2D eigenvalue weighted by Crippen LogP contribution is -2.27. The monoisotopic (exact) mass is 364 g/mol. The predicted octanol–water partition coefficient (Wildman–Crippen LogP) is 3.28. The first-order valence-electron chi connectivity index (χ1n) is 7.65. The topological polar surface area (TPSA) is 67.9 Å². The van der Waals surface area contributed by atoms with Gasteiger partial charge in [-0.05, 0) is 36.4 Å². The highest BCUT2D eigenvalue weighted by molar-refractivity contribution is 5.97. The number of para-hydroxylation sites is 1. The van der Waals surface area contributed by atoms with Crippen LogP contribution in [-0.4, -0.2) is 44.1 Å². The van der Waals surface area contributed by atoms with Gasteiger partial charge in [0.1, 0.15) is 5.75 Å². The van der Waals surface area contributed by atoms with Gasteiger partial charge in [-0.25, -0.2) is 4.79 Å². The summed E-state index contributed by atoms with van der Waals surface area (Å²) in [6, 6.07) is 12.4. The van der Waals surface area contributed by atoms with E-state index < -0.39 is 12.6 Å². The fraction of sp³-hybridized carbons (Fsp3) is 0.222. The molecule has 1 amide bonds. The summed E-state index contributed by atoms with van der Waals surface area (Å²) in [5.74, 6) is -0.959. The maximum atomic E-state index is 12.2. The van der Waals surface area contributed by atoms with Gasteiger partial charge in [0.05, 0.1) is 11.3 Å². The van der Waals surface area contributed by atoms with E-state index in [1.807, 2.05) is 0 Å². The molecule has 0 aliphatic carbocycles. The van der Waals surface area contributed by atoms with Crippen molar-refractivity contribution in [3.05, 3.63) is 54.1 Å². The molecule has 0 radical (unpaired) electrons. The van der Waals surface area contributed by atoms with E-state index in [2.05, 4.69) is 10.1 Å². The quantitative estimate of drug-likeness (QED) is 0.764. The van der Waals surface area contributed by atoms with Crippen LogP contribution in [0, 0.1) is 0 Å². The molecule has 26 heavy (non-hydrogen) atoms. The molecule has 0 aromatic heterocycles. The first-order valence-corrected chi connectivity index (χ1v) is 7.65. The smallest absolute Gasteiger partial charge is 0.387 e. The van der Waals surface area contributed by atoms with Gasteiger partial charge in [0.2, 0.25) is 0 Å². The number of benzene rings is 2. The summed E-state index contributed by atoms with van der Waals surface area (Å²) in [4.78, 5) is 25.1. The van der Waals surface area contributed by atoms with Crippen molar-refractivity contribution in [3.8, 4) is 5.75 Å². The standard InChI is InChI=1S/C18H18F2N2O4/c1-22(2)16(23)11-25-17(24)14-5-3-4-6-15(14)21-12-7-9-13(10-8-12)26-18(19)20/h3-10,18,21H,11H2,1-2H3. The molecule has 1 N–H and O–H groups in total. The Hall–Kier alpha value is -3.16. The Labute approximate surface area is 149 Å². The summed E-state index contributed by atoms with van der Waals surface area (Å²) in [5.41, 5.74) is 1.26. The maximum absolute atomic E-state index is 12.2. The van der Waals surface area contributed by atoms with E-state index >= 15 is 0 Å². The van der Waals surface area contributed by atoms with Gasteiger partial charge in [-0.3, -0.25) is 4.79 Å². The minimum atomic E-state index is -2.89. The predicted molar refractivity (Wildman–Crippen MR) is 91.8 cm³/mol. The molecular formula is C18H18F2N2O4. The van der Waals surface area contributed by atoms with Crippen LogP contribution >= 0.6 is 0 Å². The summed E-state index contributed by atoms with van der Waals surface area (Å²) in [7, 11) is 3.13. The Bertz CT molecular complexity index is 764. The second kappa shape index (κ2) is 8.80. The molecule has 0 unspecified atom stereocenters. The molecular weight excluding hydrogens is 346 g/mol. The molecule has 2 aromatic rings. The number of carbonyl (C=O) groups is 2. The molecule has 2 aromatic carbocycles. The zero-order valence-corrected chi connectivity index (χ0v) is 14.2. The van der Waals surface area contributed by atoms with E-state index in [4.69, 9.17) is 4.74 Å². The average molecular weight is 364 g/mol. The van der Waals surface area contributed by atoms with Crippen LogP contribution in [0.5, 0.6) is 5.75 Å². The number of rotatable bonds is 7. The van der Waals surface area contributed by atoms with Crippen LogP contribution in [0.25, 0.3) is 0 Å². The number of nitrogens with one attached hydrogen (secondary N) is 1. The summed E-state index contributed by atoms with van der Waals surface area (Å²) >= 11 is 0. The summed E-state index contributed by atoms with van der Waals surface area (Å²) in [6.07, 6.45) is 0. The van der Waals surface area contributed by atoms with Crippen molar-refractivity contribution >= 4 is 23.3 Å². The molecule has 8 heteroatoms. The lowest BCUT2D eigenvalue weighted by Gasteiger charge is -2.13. The molecule has 0 fully saturated rings. The molecule has 0 heterocycles. The number of nitrogens with zero attached hydrogens (tertiary/aromatic N) is 1. The molecule has 6 nitrogen and oxygen atoms in total. The van der Waals surface area contributed by atoms with Gasteiger partial charge >= 0.3 is 12.6 Å². The Morgan fingerprint density at radius 3 is 2.35 bits per heavy atom. The van der Waals surface area contributed by atoms with Gasteiger partial charge in [-0.1, -0.05) is 12.1 Å². The van der Waals surface area contributed by atoms with Gasteiger partial charge in [0, 0.05) is 19.8 Å². The molecule has 0 atom stereocenters. The van der Waals surface area contributed by atoms with Gasteiger partial charge in [0.25, 0.3) is 5.91 Å². The van der Waals surface area contributed by atoms with Gasteiger partial charge in [0.15, 0.2) is 6.61 Å². The summed E-state index contributed by atoms with van der Waals surface area (Å²) < 4.78 is 33.6. The molecule has 0 spiro atoms. The van der Waals surface area contributed by atoms with Crippen molar-refractivity contribution < 1.29 is 27.8 Å². The largest absolute Gasteiger partial charge is 0.452 e. The number of esters is 1. The minimum Gasteiger partial charge on any atom is -0.452 e. The number of hydrogen-bond acceptors (Lipinski definition) is 5. The Morgan fingerprint density at radius 2 is 1.73 bits per heavy atom. The number of amides is 1. The van der Waals surface area contributed by atoms with Crippen molar-refractivity contribution in [1.82, 2.24) is 4.90 Å². The summed E-state index contributed by atoms with van der Waals surface area (Å²) in [5, 5.41) is 3.01. The van der Waals surface area contributed by atoms with E-state index in [-0.39, 0.29) is 23.8 Å². The molecule has 0 saturated carbocycles. The van der Waals surface area contributed by atoms with Crippen molar-refractivity contribution in [1.29, 1.82) is 0 Å². The molecule has 138 valence electrons. The Kier molecular flexibility index (Phi) is 6.48. The van der Waals surface area contributed by atoms with Crippen molar-refractivity contribution in [2.75, 3.05) is 26.0 Å². The van der Waals surface area contributed by atoms with E-state index in [9.17, 15) is 18.4 Å². The van der Waals surface area contributed by atoms with E-state index in [1.54, 1.807) is 38.4 Å². The van der Waals surface area contributed by atoms with Crippen molar-refractivity contribution in [3.63, 3.8) is 0 Å². The zero-order chi connectivity index (χ0) is 19.1. The van der Waals surface area contributed by atoms with Gasteiger partial charge in [-0.15, -0.1) is 0 Å². The molecule has 0 bridgehead atoms. The second-order valence-corrected chi connectivity index (χ2v) is 5.44. The van der Waals surface area contributed by atoms with Crippen LogP contribution in [-0.2, 0) is 9.53 Å². The third-order valence-corrected chi connectivity index (χ3v) is 3.33. The second-order valence-electron chi connectivity index (χ2n) is 5.44.